The molecule has 1 aromatic rings. The minimum Gasteiger partial charge on any atom is -0.449 e. The van der Waals surface area contributed by atoms with Crippen molar-refractivity contribution in [1.82, 2.24) is 9.55 Å². The molecule has 32 heavy (non-hydrogen) atoms. The molecule has 1 N–H and O–H groups in total. The first kappa shape index (κ1) is 26.0. The van der Waals surface area contributed by atoms with Gasteiger partial charge >= 0.3 is 17.9 Å². The van der Waals surface area contributed by atoms with Gasteiger partial charge in [-0.25, -0.2) is 18.8 Å². The number of anilines is 1. The highest BCUT2D eigenvalue weighted by molar-refractivity contribution is 8.01. The molecule has 0 bridgehead atoms. The molecular formula is C21H32FN3O6S. The van der Waals surface area contributed by atoms with Gasteiger partial charge in [0, 0.05) is 18.0 Å². The van der Waals surface area contributed by atoms with Crippen molar-refractivity contribution in [1.29, 1.82) is 0 Å². The third kappa shape index (κ3) is 8.33. The molecule has 1 aliphatic rings. The van der Waals surface area contributed by atoms with Crippen LogP contribution in [0.5, 0.6) is 0 Å². The molecule has 1 atom stereocenters. The third-order valence-electron chi connectivity index (χ3n) is 4.58. The van der Waals surface area contributed by atoms with E-state index in [9.17, 15) is 18.8 Å². The fourth-order valence-corrected chi connectivity index (χ4v) is 3.83. The number of hydrogen-bond donors (Lipinski definition) is 1. The number of nitrogens with zero attached hydrogens (tertiary/aromatic N) is 2. The molecule has 1 fully saturated rings. The summed E-state index contributed by atoms with van der Waals surface area (Å²) in [5.74, 6) is -0.454. The average molecular weight is 474 g/mol. The normalized spacial score (nSPS) is 15.4. The number of carbonyl (C=O) groups is 2. The van der Waals surface area contributed by atoms with Gasteiger partial charge in [-0.05, 0) is 31.6 Å². The number of halogens is 1. The molecule has 2 rings (SSSR count). The Hall–Kier alpha value is -2.30. The zero-order valence-corrected chi connectivity index (χ0v) is 20.0. The van der Waals surface area contributed by atoms with Gasteiger partial charge in [0.25, 0.3) is 0 Å². The molecule has 0 radical (unpaired) electrons. The van der Waals surface area contributed by atoms with Gasteiger partial charge in [-0.1, -0.05) is 27.7 Å². The van der Waals surface area contributed by atoms with Gasteiger partial charge in [0.1, 0.15) is 6.61 Å². The third-order valence-corrected chi connectivity index (χ3v) is 6.36. The van der Waals surface area contributed by atoms with Gasteiger partial charge in [-0.2, -0.15) is 4.98 Å². The molecule has 11 heteroatoms. The van der Waals surface area contributed by atoms with E-state index in [1.807, 2.05) is 27.7 Å². The van der Waals surface area contributed by atoms with Crippen molar-refractivity contribution in [3.63, 3.8) is 0 Å². The van der Waals surface area contributed by atoms with Gasteiger partial charge < -0.3 is 14.2 Å². The van der Waals surface area contributed by atoms with E-state index in [1.165, 1.54) is 4.57 Å². The van der Waals surface area contributed by atoms with Crippen LogP contribution in [0.15, 0.2) is 11.0 Å². The molecule has 0 saturated heterocycles. The number of hydrogen-bond acceptors (Lipinski definition) is 8. The molecule has 0 aliphatic heterocycles. The number of amides is 1. The van der Waals surface area contributed by atoms with Crippen LogP contribution in [0.25, 0.3) is 0 Å². The molecule has 1 saturated carbocycles. The van der Waals surface area contributed by atoms with E-state index in [0.29, 0.717) is 12.4 Å². The Morgan fingerprint density at radius 2 is 1.78 bits per heavy atom. The molecular weight excluding hydrogens is 441 g/mol. The van der Waals surface area contributed by atoms with Crippen molar-refractivity contribution >= 4 is 29.8 Å². The van der Waals surface area contributed by atoms with E-state index in [4.69, 9.17) is 14.2 Å². The predicted molar refractivity (Wildman–Crippen MR) is 120 cm³/mol. The number of carbonyl (C=O) groups excluding carboxylic acids is 2. The Morgan fingerprint density at radius 3 is 2.38 bits per heavy atom. The molecule has 0 aromatic carbocycles. The van der Waals surface area contributed by atoms with Crippen molar-refractivity contribution in [3.05, 3.63) is 22.5 Å². The van der Waals surface area contributed by atoms with Gasteiger partial charge in [-0.3, -0.25) is 9.88 Å². The Bertz CT molecular complexity index is 856. The van der Waals surface area contributed by atoms with Crippen LogP contribution < -0.4 is 11.0 Å². The molecule has 1 amide bonds. The lowest BCUT2D eigenvalue weighted by molar-refractivity contribution is 0.0467. The molecule has 1 aromatic heterocycles. The molecule has 0 unspecified atom stereocenters. The Balaban J connectivity index is 1.88. The number of thioether (sulfide) groups is 1. The summed E-state index contributed by atoms with van der Waals surface area (Å²) in [6, 6.07) is -0.359. The van der Waals surface area contributed by atoms with E-state index in [1.54, 1.807) is 18.7 Å². The second-order valence-electron chi connectivity index (χ2n) is 8.83. The average Bonchev–Trinajstić information content (AvgIpc) is 3.50. The lowest BCUT2D eigenvalue weighted by Gasteiger charge is -2.20. The summed E-state index contributed by atoms with van der Waals surface area (Å²) in [5.41, 5.74) is -0.683. The number of aromatic nitrogens is 2. The maximum atomic E-state index is 14.4. The highest BCUT2D eigenvalue weighted by atomic mass is 32.2. The second-order valence-corrected chi connectivity index (χ2v) is 10.3. The van der Waals surface area contributed by atoms with E-state index < -0.39 is 29.6 Å². The van der Waals surface area contributed by atoms with E-state index >= 15 is 0 Å². The van der Waals surface area contributed by atoms with Gasteiger partial charge in [-0.15, -0.1) is 11.8 Å². The summed E-state index contributed by atoms with van der Waals surface area (Å²) < 4.78 is 30.5. The van der Waals surface area contributed by atoms with Crippen LogP contribution >= 0.6 is 11.8 Å². The zero-order chi connectivity index (χ0) is 23.9. The minimum absolute atomic E-state index is 0.121. The topological polar surface area (TPSA) is 109 Å². The highest BCUT2D eigenvalue weighted by Crippen LogP contribution is 2.49. The quantitative estimate of drug-likeness (QED) is 0.476. The molecule has 0 spiro atoms. The monoisotopic (exact) mass is 473 g/mol. The Morgan fingerprint density at radius 1 is 1.16 bits per heavy atom. The van der Waals surface area contributed by atoms with Crippen LogP contribution in [0.3, 0.4) is 0 Å². The largest absolute Gasteiger partial charge is 0.508 e. The smallest absolute Gasteiger partial charge is 0.449 e. The predicted octanol–water partition coefficient (Wildman–Crippen LogP) is 4.22. The van der Waals surface area contributed by atoms with Crippen molar-refractivity contribution in [2.45, 2.75) is 58.2 Å². The van der Waals surface area contributed by atoms with E-state index in [2.05, 4.69) is 10.3 Å². The number of nitrogens with one attached hydrogen (secondary N) is 1. The summed E-state index contributed by atoms with van der Waals surface area (Å²) >= 11 is 1.57. The van der Waals surface area contributed by atoms with Crippen molar-refractivity contribution in [3.8, 4) is 0 Å². The standard InChI is InChI=1S/C21H32FN3O6S/c1-13(2)9-29-19(27)24-17-16(22)8-25(18(26)23-17)15(5)11-32-21(6-7-21)12-31-20(28)30-10-14(3)4/h8,13-15H,6-7,9-12H2,1-5H3,(H,23,24,26,27)/t15-/m0/s1. The fraction of sp³-hybridized carbons (Fsp3) is 0.714. The van der Waals surface area contributed by atoms with E-state index in [0.717, 1.165) is 19.0 Å². The van der Waals surface area contributed by atoms with Gasteiger partial charge in [0.15, 0.2) is 11.6 Å². The number of ether oxygens (including phenoxy) is 3. The maximum Gasteiger partial charge on any atom is 0.508 e. The molecule has 180 valence electrons. The van der Waals surface area contributed by atoms with Crippen LogP contribution in [-0.2, 0) is 14.2 Å². The summed E-state index contributed by atoms with van der Waals surface area (Å²) in [6.45, 7) is 10.1. The van der Waals surface area contributed by atoms with Crippen LogP contribution in [-0.4, -0.2) is 52.1 Å². The van der Waals surface area contributed by atoms with Crippen molar-refractivity contribution in [2.24, 2.45) is 11.8 Å². The first-order chi connectivity index (χ1) is 15.0. The first-order valence-electron chi connectivity index (χ1n) is 10.7. The van der Waals surface area contributed by atoms with Crippen molar-refractivity contribution < 1.29 is 28.2 Å². The molecule has 9 nitrogen and oxygen atoms in total. The van der Waals surface area contributed by atoms with Crippen LogP contribution in [0, 0.1) is 17.7 Å². The van der Waals surface area contributed by atoms with Crippen LogP contribution in [0.1, 0.15) is 53.5 Å². The van der Waals surface area contributed by atoms with Crippen molar-refractivity contribution in [2.75, 3.05) is 30.9 Å². The van der Waals surface area contributed by atoms with E-state index in [-0.39, 0.29) is 35.8 Å². The molecule has 1 heterocycles. The minimum atomic E-state index is -0.867. The Kier molecular flexibility index (Phi) is 9.35. The lowest BCUT2D eigenvalue weighted by atomic mass is 10.2. The Labute approximate surface area is 191 Å². The summed E-state index contributed by atoms with van der Waals surface area (Å²) in [5, 5.41) is 2.16. The van der Waals surface area contributed by atoms with Crippen LogP contribution in [0.4, 0.5) is 19.8 Å². The lowest BCUT2D eigenvalue weighted by Crippen LogP contribution is -2.30. The fourth-order valence-electron chi connectivity index (χ4n) is 2.54. The maximum absolute atomic E-state index is 14.4. The highest BCUT2D eigenvalue weighted by Gasteiger charge is 2.45. The summed E-state index contributed by atoms with van der Waals surface area (Å²) in [6.07, 6.45) is 1.23. The van der Waals surface area contributed by atoms with Gasteiger partial charge in [0.2, 0.25) is 0 Å². The SMILES string of the molecule is CC(C)COC(=O)Nc1nc(=O)n([C@@H](C)CSC2(COC(=O)OCC(C)C)CC2)cc1F. The first-order valence-corrected chi connectivity index (χ1v) is 11.7. The van der Waals surface area contributed by atoms with Gasteiger partial charge in [0.05, 0.1) is 18.0 Å². The summed E-state index contributed by atoms with van der Waals surface area (Å²) in [7, 11) is 0. The van der Waals surface area contributed by atoms with Crippen LogP contribution in [0.2, 0.25) is 0 Å². The second kappa shape index (κ2) is 11.5. The summed E-state index contributed by atoms with van der Waals surface area (Å²) in [4.78, 5) is 39.4. The number of rotatable bonds is 11. The molecule has 1 aliphatic carbocycles. The zero-order valence-electron chi connectivity index (χ0n) is 19.2.